The van der Waals surface area contributed by atoms with E-state index >= 15 is 0 Å². The summed E-state index contributed by atoms with van der Waals surface area (Å²) in [6, 6.07) is 9.30. The van der Waals surface area contributed by atoms with Gasteiger partial charge in [-0.15, -0.1) is 11.3 Å². The van der Waals surface area contributed by atoms with Crippen LogP contribution in [0.4, 0.5) is 14.5 Å². The molecule has 0 spiro atoms. The number of hydrogen-bond acceptors (Lipinski definition) is 3. The first kappa shape index (κ1) is 12.0. The van der Waals surface area contributed by atoms with Crippen molar-refractivity contribution in [3.05, 3.63) is 59.1 Å². The molecule has 0 saturated heterocycles. The van der Waals surface area contributed by atoms with Gasteiger partial charge >= 0.3 is 0 Å². The van der Waals surface area contributed by atoms with E-state index < -0.39 is 11.6 Å². The zero-order valence-corrected chi connectivity index (χ0v) is 10.7. The molecule has 1 heterocycles. The first-order valence-corrected chi connectivity index (χ1v) is 6.61. The Hall–Kier alpha value is -2.01. The maximum Gasteiger partial charge on any atom is 0.126 e. The quantitative estimate of drug-likeness (QED) is 0.776. The third-order valence-corrected chi connectivity index (χ3v) is 3.54. The van der Waals surface area contributed by atoms with Gasteiger partial charge in [0.15, 0.2) is 0 Å². The first-order chi connectivity index (χ1) is 9.20. The van der Waals surface area contributed by atoms with E-state index in [2.05, 4.69) is 10.3 Å². The topological polar surface area (TPSA) is 24.9 Å². The molecule has 0 bridgehead atoms. The monoisotopic (exact) mass is 276 g/mol. The van der Waals surface area contributed by atoms with E-state index in [0.29, 0.717) is 12.1 Å². The predicted octanol–water partition coefficient (Wildman–Crippen LogP) is 4.19. The molecule has 0 amide bonds. The van der Waals surface area contributed by atoms with Crippen molar-refractivity contribution in [3.63, 3.8) is 0 Å². The summed E-state index contributed by atoms with van der Waals surface area (Å²) in [6.45, 7) is 0.374. The van der Waals surface area contributed by atoms with Crippen molar-refractivity contribution >= 4 is 27.2 Å². The maximum atomic E-state index is 13.0. The van der Waals surface area contributed by atoms with Crippen LogP contribution in [0.3, 0.4) is 0 Å². The molecule has 0 saturated carbocycles. The molecule has 1 aromatic heterocycles. The van der Waals surface area contributed by atoms with E-state index in [-0.39, 0.29) is 0 Å². The van der Waals surface area contributed by atoms with Gasteiger partial charge in [-0.1, -0.05) is 0 Å². The SMILES string of the molecule is Fc1cc(F)cc(CNc2ccc3ncsc3c2)c1. The van der Waals surface area contributed by atoms with Crippen LogP contribution in [-0.2, 0) is 6.54 Å². The minimum Gasteiger partial charge on any atom is -0.381 e. The molecular weight excluding hydrogens is 266 g/mol. The zero-order chi connectivity index (χ0) is 13.2. The average molecular weight is 276 g/mol. The van der Waals surface area contributed by atoms with Crippen LogP contribution >= 0.6 is 11.3 Å². The van der Waals surface area contributed by atoms with E-state index in [4.69, 9.17) is 0 Å². The van der Waals surface area contributed by atoms with E-state index in [9.17, 15) is 8.78 Å². The van der Waals surface area contributed by atoms with Crippen LogP contribution in [0.25, 0.3) is 10.2 Å². The van der Waals surface area contributed by atoms with Crippen LogP contribution in [0.15, 0.2) is 41.9 Å². The van der Waals surface area contributed by atoms with Crippen molar-refractivity contribution in [2.24, 2.45) is 0 Å². The number of hydrogen-bond donors (Lipinski definition) is 1. The predicted molar refractivity (Wildman–Crippen MR) is 73.3 cm³/mol. The lowest BCUT2D eigenvalue weighted by molar-refractivity contribution is 0.580. The number of nitrogens with zero attached hydrogens (tertiary/aromatic N) is 1. The van der Waals surface area contributed by atoms with Gasteiger partial charge in [0, 0.05) is 18.3 Å². The molecule has 96 valence electrons. The summed E-state index contributed by atoms with van der Waals surface area (Å²) in [6.07, 6.45) is 0. The summed E-state index contributed by atoms with van der Waals surface area (Å²) in [5.41, 5.74) is 4.21. The number of nitrogens with one attached hydrogen (secondary N) is 1. The second-order valence-corrected chi connectivity index (χ2v) is 5.05. The lowest BCUT2D eigenvalue weighted by Gasteiger charge is -2.07. The fraction of sp³-hybridized carbons (Fsp3) is 0.0714. The Morgan fingerprint density at radius 2 is 1.84 bits per heavy atom. The second-order valence-electron chi connectivity index (χ2n) is 4.17. The molecule has 2 aromatic carbocycles. The van der Waals surface area contributed by atoms with Gasteiger partial charge < -0.3 is 5.32 Å². The maximum absolute atomic E-state index is 13.0. The average Bonchev–Trinajstić information content (AvgIpc) is 2.82. The van der Waals surface area contributed by atoms with Crippen molar-refractivity contribution in [3.8, 4) is 0 Å². The third kappa shape index (κ3) is 2.71. The highest BCUT2D eigenvalue weighted by molar-refractivity contribution is 7.16. The minimum absolute atomic E-state index is 0.374. The second kappa shape index (κ2) is 4.93. The standard InChI is InChI=1S/C14H10F2N2S/c15-10-3-9(4-11(16)5-10)7-17-12-1-2-13-14(6-12)19-8-18-13/h1-6,8,17H,7H2. The van der Waals surface area contributed by atoms with Gasteiger partial charge in [-0.25, -0.2) is 13.8 Å². The molecule has 3 aromatic rings. The molecule has 0 aliphatic heterocycles. The zero-order valence-electron chi connectivity index (χ0n) is 9.86. The van der Waals surface area contributed by atoms with Crippen LogP contribution in [0.5, 0.6) is 0 Å². The van der Waals surface area contributed by atoms with Gasteiger partial charge in [0.25, 0.3) is 0 Å². The van der Waals surface area contributed by atoms with Gasteiger partial charge in [-0.2, -0.15) is 0 Å². The van der Waals surface area contributed by atoms with Gasteiger partial charge in [-0.05, 0) is 35.9 Å². The molecule has 0 atom stereocenters. The van der Waals surface area contributed by atoms with E-state index in [1.54, 1.807) is 16.8 Å². The van der Waals surface area contributed by atoms with E-state index in [1.807, 2.05) is 18.2 Å². The highest BCUT2D eigenvalue weighted by atomic mass is 32.1. The third-order valence-electron chi connectivity index (χ3n) is 2.75. The lowest BCUT2D eigenvalue weighted by atomic mass is 10.2. The Morgan fingerprint density at radius 1 is 1.05 bits per heavy atom. The number of anilines is 1. The van der Waals surface area contributed by atoms with Gasteiger partial charge in [0.2, 0.25) is 0 Å². The highest BCUT2D eigenvalue weighted by Crippen LogP contribution is 2.22. The lowest BCUT2D eigenvalue weighted by Crippen LogP contribution is -2.00. The molecular formula is C14H10F2N2S. The summed E-state index contributed by atoms with van der Waals surface area (Å²) < 4.78 is 27.2. The molecule has 0 aliphatic carbocycles. The summed E-state index contributed by atoms with van der Waals surface area (Å²) in [5, 5.41) is 3.14. The first-order valence-electron chi connectivity index (χ1n) is 5.73. The Balaban J connectivity index is 1.77. The summed E-state index contributed by atoms with van der Waals surface area (Å²) in [4.78, 5) is 4.19. The Bertz CT molecular complexity index is 704. The molecule has 0 radical (unpaired) electrons. The number of benzene rings is 2. The Kier molecular flexibility index (Phi) is 3.13. The number of rotatable bonds is 3. The molecule has 3 rings (SSSR count). The molecule has 1 N–H and O–H groups in total. The van der Waals surface area contributed by atoms with Gasteiger partial charge in [0.05, 0.1) is 15.7 Å². The molecule has 2 nitrogen and oxygen atoms in total. The summed E-state index contributed by atoms with van der Waals surface area (Å²) >= 11 is 1.56. The minimum atomic E-state index is -0.560. The highest BCUT2D eigenvalue weighted by Gasteiger charge is 2.02. The van der Waals surface area contributed by atoms with E-state index in [0.717, 1.165) is 22.0 Å². The van der Waals surface area contributed by atoms with Crippen molar-refractivity contribution in [1.82, 2.24) is 4.98 Å². The summed E-state index contributed by atoms with van der Waals surface area (Å²) in [5.74, 6) is -1.12. The largest absolute Gasteiger partial charge is 0.381 e. The smallest absolute Gasteiger partial charge is 0.126 e. The molecule has 0 fully saturated rings. The van der Waals surface area contributed by atoms with E-state index in [1.165, 1.54) is 12.1 Å². The van der Waals surface area contributed by atoms with Crippen molar-refractivity contribution in [2.45, 2.75) is 6.54 Å². The molecule has 19 heavy (non-hydrogen) atoms. The summed E-state index contributed by atoms with van der Waals surface area (Å²) in [7, 11) is 0. The Morgan fingerprint density at radius 3 is 2.63 bits per heavy atom. The molecule has 0 aliphatic rings. The van der Waals surface area contributed by atoms with Crippen molar-refractivity contribution < 1.29 is 8.78 Å². The van der Waals surface area contributed by atoms with Crippen LogP contribution < -0.4 is 5.32 Å². The van der Waals surface area contributed by atoms with Gasteiger partial charge in [-0.3, -0.25) is 0 Å². The number of fused-ring (bicyclic) bond motifs is 1. The fourth-order valence-corrected chi connectivity index (χ4v) is 2.60. The molecule has 0 unspecified atom stereocenters. The number of thiazole rings is 1. The van der Waals surface area contributed by atoms with Crippen LogP contribution in [0.2, 0.25) is 0 Å². The van der Waals surface area contributed by atoms with Gasteiger partial charge in [0.1, 0.15) is 11.6 Å². The Labute approximate surface area is 112 Å². The normalized spacial score (nSPS) is 10.8. The van der Waals surface area contributed by atoms with Crippen molar-refractivity contribution in [1.29, 1.82) is 0 Å². The number of halogens is 2. The van der Waals surface area contributed by atoms with Crippen LogP contribution in [0, 0.1) is 11.6 Å². The fourth-order valence-electron chi connectivity index (χ4n) is 1.88. The number of aromatic nitrogens is 1. The van der Waals surface area contributed by atoms with Crippen molar-refractivity contribution in [2.75, 3.05) is 5.32 Å². The van der Waals surface area contributed by atoms with Crippen LogP contribution in [0.1, 0.15) is 5.56 Å². The van der Waals surface area contributed by atoms with Crippen LogP contribution in [-0.4, -0.2) is 4.98 Å². The molecule has 5 heteroatoms.